The van der Waals surface area contributed by atoms with Crippen molar-refractivity contribution in [1.82, 2.24) is 25.7 Å². The van der Waals surface area contributed by atoms with E-state index in [9.17, 15) is 4.79 Å². The summed E-state index contributed by atoms with van der Waals surface area (Å²) >= 11 is 0. The van der Waals surface area contributed by atoms with Gasteiger partial charge in [-0.3, -0.25) is 4.79 Å². The van der Waals surface area contributed by atoms with E-state index in [1.54, 1.807) is 7.05 Å². The molecule has 0 aliphatic carbocycles. The first-order chi connectivity index (χ1) is 5.33. The van der Waals surface area contributed by atoms with Crippen LogP contribution in [0.3, 0.4) is 0 Å². The van der Waals surface area contributed by atoms with E-state index in [1.165, 1.54) is 6.33 Å². The highest BCUT2D eigenvalue weighted by Crippen LogP contribution is 1.83. The van der Waals surface area contributed by atoms with Crippen LogP contribution in [0.15, 0.2) is 6.33 Å². The molecule has 1 N–H and O–H groups in total. The number of carbonyl (C=O) groups excluding carboxylic acids is 1. The summed E-state index contributed by atoms with van der Waals surface area (Å²) in [5, 5.41) is 16.5. The minimum absolute atomic E-state index is 0.122. The molecule has 1 rings (SSSR count). The Kier molecular flexibility index (Phi) is 2.42. The average molecular weight is 153 g/mol. The number of nitrogens with one attached hydrogen (secondary N) is 1. The van der Waals surface area contributed by atoms with Gasteiger partial charge in [-0.2, -0.15) is 0 Å². The van der Waals surface area contributed by atoms with Crippen LogP contribution < -0.4 is 5.32 Å². The van der Waals surface area contributed by atoms with Crippen LogP contribution in [-0.2, 0) is 11.2 Å². The van der Waals surface area contributed by atoms with Crippen molar-refractivity contribution in [3.05, 3.63) is 12.2 Å². The summed E-state index contributed by atoms with van der Waals surface area (Å²) in [6.07, 6.45) is 1.34. The second-order valence-electron chi connectivity index (χ2n) is 1.81. The zero-order chi connectivity index (χ0) is 8.10. The monoisotopic (exact) mass is 153 g/mol. The lowest BCUT2D eigenvalue weighted by atomic mass is 10.4. The van der Waals surface area contributed by atoms with E-state index in [-0.39, 0.29) is 12.3 Å². The maximum absolute atomic E-state index is 10.7. The molecule has 6 heteroatoms. The summed E-state index contributed by atoms with van der Waals surface area (Å²) in [4.78, 5) is 10.7. The fraction of sp³-hybridized carbons (Fsp3) is 0.400. The molecule has 11 heavy (non-hydrogen) atoms. The number of hydrogen-bond donors (Lipinski definition) is 1. The quantitative estimate of drug-likeness (QED) is 0.562. The highest BCUT2D eigenvalue weighted by molar-refractivity contribution is 5.77. The summed E-state index contributed by atoms with van der Waals surface area (Å²) in [5.74, 6) is 0.173. The molecule has 0 saturated carbocycles. The smallest absolute Gasteiger partial charge is 0.227 e. The van der Waals surface area contributed by atoms with Crippen LogP contribution in [0.4, 0.5) is 0 Å². The van der Waals surface area contributed by atoms with Crippen molar-refractivity contribution in [2.24, 2.45) is 0 Å². The second kappa shape index (κ2) is 3.55. The van der Waals surface area contributed by atoms with Crippen LogP contribution >= 0.6 is 0 Å². The van der Waals surface area contributed by atoms with Crippen molar-refractivity contribution < 1.29 is 4.79 Å². The number of aromatic nitrogens is 4. The standard InChI is InChI=1S/C5H7N5O/c1-6-5(11)2-4-9-7-3-8-10-4/h3H,2H2,1H3,(H,6,11). The van der Waals surface area contributed by atoms with Gasteiger partial charge in [-0.05, 0) is 0 Å². The van der Waals surface area contributed by atoms with E-state index in [1.807, 2.05) is 0 Å². The molecule has 0 bridgehead atoms. The van der Waals surface area contributed by atoms with Gasteiger partial charge in [0.1, 0.15) is 0 Å². The molecule has 1 heterocycles. The van der Waals surface area contributed by atoms with E-state index < -0.39 is 0 Å². The van der Waals surface area contributed by atoms with Crippen LogP contribution in [0.2, 0.25) is 0 Å². The van der Waals surface area contributed by atoms with Crippen molar-refractivity contribution in [2.75, 3.05) is 7.05 Å². The molecule has 0 fully saturated rings. The molecule has 0 aliphatic rings. The Bertz CT molecular complexity index is 236. The topological polar surface area (TPSA) is 80.7 Å². The number of nitrogens with zero attached hydrogens (tertiary/aromatic N) is 4. The van der Waals surface area contributed by atoms with Gasteiger partial charge in [0.25, 0.3) is 0 Å². The first-order valence-electron chi connectivity index (χ1n) is 3.02. The minimum Gasteiger partial charge on any atom is -0.359 e. The van der Waals surface area contributed by atoms with Gasteiger partial charge in [-0.25, -0.2) is 0 Å². The van der Waals surface area contributed by atoms with Gasteiger partial charge in [0.15, 0.2) is 12.2 Å². The third kappa shape index (κ3) is 2.24. The molecule has 58 valence electrons. The van der Waals surface area contributed by atoms with Crippen molar-refractivity contribution in [3.63, 3.8) is 0 Å². The van der Waals surface area contributed by atoms with E-state index in [0.717, 1.165) is 0 Å². The van der Waals surface area contributed by atoms with Gasteiger partial charge in [0.05, 0.1) is 6.42 Å². The first kappa shape index (κ1) is 7.52. The van der Waals surface area contributed by atoms with Crippen molar-refractivity contribution in [2.45, 2.75) is 6.42 Å². The zero-order valence-corrected chi connectivity index (χ0v) is 5.98. The third-order valence-electron chi connectivity index (χ3n) is 1.05. The molecule has 0 aliphatic heterocycles. The van der Waals surface area contributed by atoms with Crippen LogP contribution in [-0.4, -0.2) is 33.3 Å². The number of amides is 1. The fourth-order valence-corrected chi connectivity index (χ4v) is 0.531. The summed E-state index contributed by atoms with van der Waals surface area (Å²) in [6, 6.07) is 0. The Labute approximate surface area is 63.1 Å². The van der Waals surface area contributed by atoms with Gasteiger partial charge in [-0.15, -0.1) is 20.4 Å². The largest absolute Gasteiger partial charge is 0.359 e. The first-order valence-corrected chi connectivity index (χ1v) is 3.02. The van der Waals surface area contributed by atoms with E-state index >= 15 is 0 Å². The fourth-order valence-electron chi connectivity index (χ4n) is 0.531. The van der Waals surface area contributed by atoms with E-state index in [0.29, 0.717) is 5.82 Å². The Morgan fingerprint density at radius 1 is 1.55 bits per heavy atom. The lowest BCUT2D eigenvalue weighted by molar-refractivity contribution is -0.120. The Morgan fingerprint density at radius 2 is 2.18 bits per heavy atom. The van der Waals surface area contributed by atoms with E-state index in [2.05, 4.69) is 25.7 Å². The molecule has 0 spiro atoms. The van der Waals surface area contributed by atoms with Crippen molar-refractivity contribution in [1.29, 1.82) is 0 Å². The molecular weight excluding hydrogens is 146 g/mol. The molecule has 0 radical (unpaired) electrons. The molecule has 0 saturated heterocycles. The molecule has 1 aromatic rings. The summed E-state index contributed by atoms with van der Waals surface area (Å²) in [6.45, 7) is 0. The predicted octanol–water partition coefficient (Wildman–Crippen LogP) is -1.44. The van der Waals surface area contributed by atoms with Crippen molar-refractivity contribution >= 4 is 5.91 Å². The molecule has 0 aromatic carbocycles. The van der Waals surface area contributed by atoms with Crippen LogP contribution in [0.1, 0.15) is 5.82 Å². The average Bonchev–Trinajstić information content (AvgIpc) is 2.06. The highest BCUT2D eigenvalue weighted by Gasteiger charge is 2.02. The maximum Gasteiger partial charge on any atom is 0.227 e. The Hall–Kier alpha value is -1.59. The van der Waals surface area contributed by atoms with Gasteiger partial charge >= 0.3 is 0 Å². The zero-order valence-electron chi connectivity index (χ0n) is 5.98. The minimum atomic E-state index is -0.153. The van der Waals surface area contributed by atoms with Gasteiger partial charge in [0.2, 0.25) is 5.91 Å². The summed E-state index contributed by atoms with van der Waals surface area (Å²) < 4.78 is 0. The number of rotatable bonds is 2. The number of carbonyl (C=O) groups is 1. The van der Waals surface area contributed by atoms with Gasteiger partial charge in [-0.1, -0.05) is 0 Å². The lowest BCUT2D eigenvalue weighted by Crippen LogP contribution is -2.21. The normalized spacial score (nSPS) is 9.18. The molecule has 1 amide bonds. The Balaban J connectivity index is 2.58. The van der Waals surface area contributed by atoms with Crippen LogP contribution in [0.5, 0.6) is 0 Å². The maximum atomic E-state index is 10.7. The molecular formula is C5H7N5O. The molecule has 1 aromatic heterocycles. The van der Waals surface area contributed by atoms with Gasteiger partial charge < -0.3 is 5.32 Å². The number of hydrogen-bond acceptors (Lipinski definition) is 5. The molecule has 0 unspecified atom stereocenters. The van der Waals surface area contributed by atoms with Crippen molar-refractivity contribution in [3.8, 4) is 0 Å². The second-order valence-corrected chi connectivity index (χ2v) is 1.81. The highest BCUT2D eigenvalue weighted by atomic mass is 16.1. The summed E-state index contributed by atoms with van der Waals surface area (Å²) in [5.41, 5.74) is 0. The van der Waals surface area contributed by atoms with Gasteiger partial charge in [0, 0.05) is 7.05 Å². The predicted molar refractivity (Wildman–Crippen MR) is 35.4 cm³/mol. The van der Waals surface area contributed by atoms with Crippen LogP contribution in [0, 0.1) is 0 Å². The Morgan fingerprint density at radius 3 is 2.73 bits per heavy atom. The van der Waals surface area contributed by atoms with E-state index in [4.69, 9.17) is 0 Å². The van der Waals surface area contributed by atoms with Crippen LogP contribution in [0.25, 0.3) is 0 Å². The third-order valence-corrected chi connectivity index (χ3v) is 1.05. The molecule has 0 atom stereocenters. The molecule has 6 nitrogen and oxygen atoms in total. The SMILES string of the molecule is CNC(=O)Cc1nncnn1. The summed E-state index contributed by atoms with van der Waals surface area (Å²) in [7, 11) is 1.55. The number of likely N-dealkylation sites (N-methyl/N-ethyl adjacent to an activating group) is 1. The lowest BCUT2D eigenvalue weighted by Gasteiger charge is -1.94.